The van der Waals surface area contributed by atoms with Crippen molar-refractivity contribution in [2.24, 2.45) is 0 Å². The monoisotopic (exact) mass is 269 g/mol. The highest BCUT2D eigenvalue weighted by Gasteiger charge is 2.19. The smallest absolute Gasteiger partial charge is 0.0523 e. The third kappa shape index (κ3) is 9.90. The van der Waals surface area contributed by atoms with Gasteiger partial charge in [-0.3, -0.25) is 0 Å². The summed E-state index contributed by atoms with van der Waals surface area (Å²) < 4.78 is 0. The van der Waals surface area contributed by atoms with Crippen molar-refractivity contribution in [3.8, 4) is 0 Å². The lowest BCUT2D eigenvalue weighted by Gasteiger charge is -2.27. The SMILES string of the molecule is CC=CC[Si](C)(C)CCN(CCCC)CCCC. The average Bonchev–Trinajstić information content (AvgIpc) is 2.35. The summed E-state index contributed by atoms with van der Waals surface area (Å²) in [7, 11) is -0.994. The van der Waals surface area contributed by atoms with Crippen LogP contribution in [0.25, 0.3) is 0 Å². The van der Waals surface area contributed by atoms with Gasteiger partial charge in [-0.05, 0) is 51.5 Å². The summed E-state index contributed by atoms with van der Waals surface area (Å²) in [5, 5.41) is 0. The topological polar surface area (TPSA) is 3.24 Å². The molecule has 0 aromatic heterocycles. The Morgan fingerprint density at radius 2 is 1.50 bits per heavy atom. The molecule has 0 rings (SSSR count). The largest absolute Gasteiger partial charge is 0.304 e. The van der Waals surface area contributed by atoms with Gasteiger partial charge in [0.15, 0.2) is 0 Å². The molecule has 0 saturated carbocycles. The first-order chi connectivity index (χ1) is 8.55. The van der Waals surface area contributed by atoms with Crippen LogP contribution in [0.15, 0.2) is 12.2 Å². The zero-order valence-corrected chi connectivity index (χ0v) is 14.5. The van der Waals surface area contributed by atoms with Crippen LogP contribution in [0.5, 0.6) is 0 Å². The van der Waals surface area contributed by atoms with E-state index in [0.29, 0.717) is 0 Å². The van der Waals surface area contributed by atoms with Gasteiger partial charge in [-0.1, -0.05) is 51.9 Å². The number of nitrogens with zero attached hydrogens (tertiary/aromatic N) is 1. The predicted molar refractivity (Wildman–Crippen MR) is 88.2 cm³/mol. The Balaban J connectivity index is 4.05. The van der Waals surface area contributed by atoms with Crippen LogP contribution in [-0.2, 0) is 0 Å². The van der Waals surface area contributed by atoms with E-state index in [9.17, 15) is 0 Å². The van der Waals surface area contributed by atoms with E-state index in [1.165, 1.54) is 57.4 Å². The molecule has 0 spiro atoms. The third-order valence-electron chi connectivity index (χ3n) is 3.67. The summed E-state index contributed by atoms with van der Waals surface area (Å²) in [4.78, 5) is 2.71. The molecule has 0 aliphatic heterocycles. The molecule has 0 amide bonds. The van der Waals surface area contributed by atoms with Gasteiger partial charge in [0.2, 0.25) is 0 Å². The Kier molecular flexibility index (Phi) is 10.8. The fourth-order valence-corrected chi connectivity index (χ4v) is 4.10. The van der Waals surface area contributed by atoms with Crippen LogP contribution in [0.3, 0.4) is 0 Å². The fourth-order valence-electron chi connectivity index (χ4n) is 2.10. The summed E-state index contributed by atoms with van der Waals surface area (Å²) >= 11 is 0. The van der Waals surface area contributed by atoms with E-state index in [1.807, 2.05) is 0 Å². The molecule has 0 aromatic carbocycles. The third-order valence-corrected chi connectivity index (χ3v) is 6.58. The zero-order chi connectivity index (χ0) is 13.9. The minimum Gasteiger partial charge on any atom is -0.304 e. The summed E-state index contributed by atoms with van der Waals surface area (Å²) in [5.41, 5.74) is 0. The molecule has 0 aromatic rings. The van der Waals surface area contributed by atoms with E-state index in [4.69, 9.17) is 0 Å². The molecule has 0 bridgehead atoms. The highest BCUT2D eigenvalue weighted by Crippen LogP contribution is 2.17. The first kappa shape index (κ1) is 17.9. The fraction of sp³-hybridized carbons (Fsp3) is 0.875. The van der Waals surface area contributed by atoms with E-state index < -0.39 is 8.07 Å². The van der Waals surface area contributed by atoms with Gasteiger partial charge in [0, 0.05) is 0 Å². The standard InChI is InChI=1S/C16H35NSi/c1-6-9-12-17(13-10-7-2)14-16-18(4,5)15-11-8-3/h8,11H,6-7,9-10,12-16H2,1-5H3. The number of hydrogen-bond donors (Lipinski definition) is 0. The van der Waals surface area contributed by atoms with Crippen molar-refractivity contribution in [2.75, 3.05) is 19.6 Å². The molecule has 0 atom stereocenters. The van der Waals surface area contributed by atoms with E-state index >= 15 is 0 Å². The minimum absolute atomic E-state index is 0.994. The van der Waals surface area contributed by atoms with E-state index in [1.54, 1.807) is 0 Å². The van der Waals surface area contributed by atoms with Crippen molar-refractivity contribution in [2.45, 2.75) is 71.6 Å². The molecule has 0 aliphatic rings. The van der Waals surface area contributed by atoms with Gasteiger partial charge in [-0.15, -0.1) is 0 Å². The van der Waals surface area contributed by atoms with E-state index in [2.05, 4.69) is 50.9 Å². The molecular formula is C16H35NSi. The Labute approximate surface area is 117 Å². The van der Waals surface area contributed by atoms with E-state index in [0.717, 1.165) is 0 Å². The van der Waals surface area contributed by atoms with Crippen molar-refractivity contribution in [3.05, 3.63) is 12.2 Å². The molecule has 108 valence electrons. The lowest BCUT2D eigenvalue weighted by Crippen LogP contribution is -2.34. The van der Waals surface area contributed by atoms with Crippen molar-refractivity contribution in [1.82, 2.24) is 4.90 Å². The molecule has 0 radical (unpaired) electrons. The number of hydrogen-bond acceptors (Lipinski definition) is 1. The zero-order valence-electron chi connectivity index (χ0n) is 13.5. The molecule has 0 heterocycles. The molecule has 2 heteroatoms. The van der Waals surface area contributed by atoms with Crippen molar-refractivity contribution < 1.29 is 0 Å². The Morgan fingerprint density at radius 3 is 1.94 bits per heavy atom. The summed E-state index contributed by atoms with van der Waals surface area (Å²) in [6.07, 6.45) is 9.94. The minimum atomic E-state index is -0.994. The number of unbranched alkanes of at least 4 members (excludes halogenated alkanes) is 2. The van der Waals surface area contributed by atoms with Crippen LogP contribution in [0.2, 0.25) is 25.2 Å². The summed E-state index contributed by atoms with van der Waals surface area (Å²) in [6.45, 7) is 15.7. The quantitative estimate of drug-likeness (QED) is 0.369. The average molecular weight is 270 g/mol. The van der Waals surface area contributed by atoms with Crippen molar-refractivity contribution in [3.63, 3.8) is 0 Å². The van der Waals surface area contributed by atoms with Gasteiger partial charge in [0.25, 0.3) is 0 Å². The molecule has 0 unspecified atom stereocenters. The van der Waals surface area contributed by atoms with Crippen LogP contribution in [-0.4, -0.2) is 32.6 Å². The number of rotatable bonds is 11. The lowest BCUT2D eigenvalue weighted by molar-refractivity contribution is 0.278. The molecule has 0 fully saturated rings. The number of allylic oxidation sites excluding steroid dienone is 2. The first-order valence-corrected chi connectivity index (χ1v) is 11.3. The maximum atomic E-state index is 2.71. The van der Waals surface area contributed by atoms with Crippen LogP contribution >= 0.6 is 0 Å². The maximum Gasteiger partial charge on any atom is 0.0523 e. The van der Waals surface area contributed by atoms with Gasteiger partial charge < -0.3 is 4.90 Å². The molecular weight excluding hydrogens is 234 g/mol. The second kappa shape index (κ2) is 10.8. The van der Waals surface area contributed by atoms with Crippen LogP contribution < -0.4 is 0 Å². The highest BCUT2D eigenvalue weighted by molar-refractivity contribution is 6.77. The van der Waals surface area contributed by atoms with Crippen LogP contribution in [0.4, 0.5) is 0 Å². The Morgan fingerprint density at radius 1 is 0.944 bits per heavy atom. The van der Waals surface area contributed by atoms with Crippen LogP contribution in [0.1, 0.15) is 46.5 Å². The van der Waals surface area contributed by atoms with Gasteiger partial charge >= 0.3 is 0 Å². The second-order valence-electron chi connectivity index (χ2n) is 6.24. The second-order valence-corrected chi connectivity index (χ2v) is 11.5. The molecule has 18 heavy (non-hydrogen) atoms. The lowest BCUT2D eigenvalue weighted by atomic mass is 10.2. The molecule has 0 aliphatic carbocycles. The van der Waals surface area contributed by atoms with Gasteiger partial charge in [-0.2, -0.15) is 0 Å². The summed E-state index contributed by atoms with van der Waals surface area (Å²) in [5.74, 6) is 0. The van der Waals surface area contributed by atoms with Crippen molar-refractivity contribution in [1.29, 1.82) is 0 Å². The van der Waals surface area contributed by atoms with Gasteiger partial charge in [-0.25, -0.2) is 0 Å². The van der Waals surface area contributed by atoms with Gasteiger partial charge in [0.1, 0.15) is 0 Å². The molecule has 1 nitrogen and oxygen atoms in total. The molecule has 0 N–H and O–H groups in total. The summed E-state index contributed by atoms with van der Waals surface area (Å²) in [6, 6.07) is 2.80. The maximum absolute atomic E-state index is 2.71. The molecule has 0 saturated heterocycles. The first-order valence-electron chi connectivity index (χ1n) is 7.89. The van der Waals surface area contributed by atoms with Crippen molar-refractivity contribution >= 4 is 8.07 Å². The highest BCUT2D eigenvalue weighted by atomic mass is 28.3. The Hall–Kier alpha value is -0.0831. The normalized spacial score (nSPS) is 12.8. The Bertz CT molecular complexity index is 203. The predicted octanol–water partition coefficient (Wildman–Crippen LogP) is 5.17. The van der Waals surface area contributed by atoms with Gasteiger partial charge in [0.05, 0.1) is 8.07 Å². The van der Waals surface area contributed by atoms with E-state index in [-0.39, 0.29) is 0 Å². The van der Waals surface area contributed by atoms with Crippen LogP contribution in [0, 0.1) is 0 Å².